The third-order valence-electron chi connectivity index (χ3n) is 2.64. The Kier molecular flexibility index (Phi) is 4.46. The van der Waals surface area contributed by atoms with Gasteiger partial charge < -0.3 is 0 Å². The predicted octanol–water partition coefficient (Wildman–Crippen LogP) is 3.66. The third kappa shape index (κ3) is 3.39. The van der Waals surface area contributed by atoms with Crippen molar-refractivity contribution < 1.29 is 21.6 Å². The van der Waals surface area contributed by atoms with Gasteiger partial charge in [-0.05, 0) is 34.1 Å². The molecule has 0 unspecified atom stereocenters. The van der Waals surface area contributed by atoms with Crippen LogP contribution in [0.1, 0.15) is 5.69 Å². The molecule has 0 bridgehead atoms. The number of nitrogens with one attached hydrogen (secondary N) is 1. The fraction of sp³-hybridized carbons (Fsp3) is 0.182. The molecule has 0 amide bonds. The van der Waals surface area contributed by atoms with Gasteiger partial charge in [-0.3, -0.25) is 9.40 Å². The summed E-state index contributed by atoms with van der Waals surface area (Å²) >= 11 is 8.72. The zero-order chi connectivity index (χ0) is 16.7. The van der Waals surface area contributed by atoms with Gasteiger partial charge in [-0.25, -0.2) is 8.42 Å². The van der Waals surface area contributed by atoms with Crippen LogP contribution < -0.4 is 4.72 Å². The first-order chi connectivity index (χ1) is 10.0. The SMILES string of the molecule is Cn1ncc(NS(=O)(=O)c2ccc(Cl)cc2Br)c1C(F)(F)F. The molecule has 2 rings (SSSR count). The van der Waals surface area contributed by atoms with E-state index in [2.05, 4.69) is 21.0 Å². The van der Waals surface area contributed by atoms with Crippen molar-refractivity contribution in [3.8, 4) is 0 Å². The highest BCUT2D eigenvalue weighted by atomic mass is 79.9. The normalized spacial score (nSPS) is 12.5. The maximum absolute atomic E-state index is 12.9. The van der Waals surface area contributed by atoms with Crippen LogP contribution in [0.15, 0.2) is 33.8 Å². The number of hydrogen-bond donors (Lipinski definition) is 1. The van der Waals surface area contributed by atoms with Gasteiger partial charge in [0.05, 0.1) is 11.9 Å². The lowest BCUT2D eigenvalue weighted by molar-refractivity contribution is -0.143. The zero-order valence-corrected chi connectivity index (χ0v) is 14.0. The molecule has 0 fully saturated rings. The van der Waals surface area contributed by atoms with E-state index in [0.717, 1.165) is 13.2 Å². The molecule has 0 saturated heterocycles. The molecule has 0 aliphatic carbocycles. The van der Waals surface area contributed by atoms with Crippen molar-refractivity contribution in [2.24, 2.45) is 7.05 Å². The minimum absolute atomic E-state index is 0.130. The summed E-state index contributed by atoms with van der Waals surface area (Å²) in [5.41, 5.74) is -1.85. The Balaban J connectivity index is 2.47. The van der Waals surface area contributed by atoms with Crippen molar-refractivity contribution in [1.29, 1.82) is 0 Å². The average molecular weight is 419 g/mol. The molecule has 22 heavy (non-hydrogen) atoms. The summed E-state index contributed by atoms with van der Waals surface area (Å²) in [6, 6.07) is 3.82. The number of aryl methyl sites for hydroxylation is 1. The molecule has 1 N–H and O–H groups in total. The van der Waals surface area contributed by atoms with E-state index in [9.17, 15) is 21.6 Å². The minimum atomic E-state index is -4.75. The molecule has 1 aromatic heterocycles. The van der Waals surface area contributed by atoms with Crippen molar-refractivity contribution in [2.75, 3.05) is 4.72 Å². The summed E-state index contributed by atoms with van der Waals surface area (Å²) in [5.74, 6) is 0. The fourth-order valence-corrected chi connectivity index (χ4v) is 4.17. The Hall–Kier alpha value is -1.26. The van der Waals surface area contributed by atoms with Gasteiger partial charge in [0.1, 0.15) is 4.90 Å². The van der Waals surface area contributed by atoms with Gasteiger partial charge >= 0.3 is 6.18 Å². The van der Waals surface area contributed by atoms with Crippen LogP contribution in [0, 0.1) is 0 Å². The maximum atomic E-state index is 12.9. The van der Waals surface area contributed by atoms with Gasteiger partial charge in [0.25, 0.3) is 10.0 Å². The minimum Gasteiger partial charge on any atom is -0.276 e. The second kappa shape index (κ2) is 5.74. The van der Waals surface area contributed by atoms with Crippen LogP contribution >= 0.6 is 27.5 Å². The summed E-state index contributed by atoms with van der Waals surface area (Å²) in [7, 11) is -3.17. The highest BCUT2D eigenvalue weighted by Gasteiger charge is 2.38. The van der Waals surface area contributed by atoms with Crippen LogP contribution in [0.5, 0.6) is 0 Å². The smallest absolute Gasteiger partial charge is 0.276 e. The molecule has 0 saturated carbocycles. The van der Waals surface area contributed by atoms with Crippen LogP contribution in [0.25, 0.3) is 0 Å². The van der Waals surface area contributed by atoms with E-state index in [1.165, 1.54) is 18.2 Å². The Bertz CT molecular complexity index is 820. The molecule has 0 radical (unpaired) electrons. The Morgan fingerprint density at radius 2 is 2.00 bits per heavy atom. The van der Waals surface area contributed by atoms with Crippen LogP contribution in [-0.2, 0) is 23.2 Å². The highest BCUT2D eigenvalue weighted by molar-refractivity contribution is 9.10. The number of halogens is 5. The number of hydrogen-bond acceptors (Lipinski definition) is 3. The Labute approximate surface area is 137 Å². The first-order valence-electron chi connectivity index (χ1n) is 5.59. The molecule has 0 aliphatic rings. The largest absolute Gasteiger partial charge is 0.435 e. The first kappa shape index (κ1) is 17.1. The van der Waals surface area contributed by atoms with Crippen LogP contribution in [-0.4, -0.2) is 18.2 Å². The van der Waals surface area contributed by atoms with Gasteiger partial charge in [0, 0.05) is 16.5 Å². The molecule has 0 spiro atoms. The van der Waals surface area contributed by atoms with E-state index in [1.54, 1.807) is 0 Å². The fourth-order valence-electron chi connectivity index (χ4n) is 1.74. The van der Waals surface area contributed by atoms with Crippen molar-refractivity contribution in [1.82, 2.24) is 9.78 Å². The van der Waals surface area contributed by atoms with Crippen molar-refractivity contribution in [3.05, 3.63) is 39.6 Å². The van der Waals surface area contributed by atoms with Gasteiger partial charge in [-0.15, -0.1) is 0 Å². The van der Waals surface area contributed by atoms with E-state index in [4.69, 9.17) is 11.6 Å². The second-order valence-corrected chi connectivity index (χ2v) is 7.15. The average Bonchev–Trinajstić information content (AvgIpc) is 2.68. The molecule has 11 heteroatoms. The molecular weight excluding hydrogens is 411 g/mol. The molecule has 0 aliphatic heterocycles. The maximum Gasteiger partial charge on any atom is 0.435 e. The van der Waals surface area contributed by atoms with E-state index in [0.29, 0.717) is 4.68 Å². The van der Waals surface area contributed by atoms with E-state index in [1.807, 2.05) is 4.72 Å². The van der Waals surface area contributed by atoms with Crippen molar-refractivity contribution in [2.45, 2.75) is 11.1 Å². The van der Waals surface area contributed by atoms with Crippen LogP contribution in [0.2, 0.25) is 5.02 Å². The lowest BCUT2D eigenvalue weighted by atomic mass is 10.3. The summed E-state index contributed by atoms with van der Waals surface area (Å²) in [5, 5.41) is 3.72. The molecule has 1 heterocycles. The van der Waals surface area contributed by atoms with Gasteiger partial charge in [-0.2, -0.15) is 18.3 Å². The molecular formula is C11H8BrClF3N3O2S. The molecule has 120 valence electrons. The third-order valence-corrected chi connectivity index (χ3v) is 5.21. The van der Waals surface area contributed by atoms with Gasteiger partial charge in [-0.1, -0.05) is 11.6 Å². The van der Waals surface area contributed by atoms with E-state index in [-0.39, 0.29) is 14.4 Å². The molecule has 0 atom stereocenters. The Morgan fingerprint density at radius 3 is 2.55 bits per heavy atom. The number of aromatic nitrogens is 2. The first-order valence-corrected chi connectivity index (χ1v) is 8.25. The molecule has 5 nitrogen and oxygen atoms in total. The number of anilines is 1. The number of rotatable bonds is 3. The highest BCUT2D eigenvalue weighted by Crippen LogP contribution is 2.36. The summed E-state index contributed by atoms with van der Waals surface area (Å²) < 4.78 is 65.8. The number of alkyl halides is 3. The lowest BCUT2D eigenvalue weighted by Crippen LogP contribution is -2.18. The topological polar surface area (TPSA) is 64.0 Å². The second-order valence-electron chi connectivity index (χ2n) is 4.21. The van der Waals surface area contributed by atoms with Gasteiger partial charge in [0.2, 0.25) is 0 Å². The van der Waals surface area contributed by atoms with Crippen LogP contribution in [0.3, 0.4) is 0 Å². The standard InChI is InChI=1S/C11H8BrClF3N3O2S/c1-19-10(11(14,15)16)8(5-17-19)18-22(20,21)9-3-2-6(13)4-7(9)12/h2-5,18H,1H3. The molecule has 1 aromatic carbocycles. The van der Waals surface area contributed by atoms with E-state index < -0.39 is 27.6 Å². The monoisotopic (exact) mass is 417 g/mol. The van der Waals surface area contributed by atoms with Gasteiger partial charge in [0.15, 0.2) is 5.69 Å². The summed E-state index contributed by atoms with van der Waals surface area (Å²) in [6.45, 7) is 0. The quantitative estimate of drug-likeness (QED) is 0.827. The zero-order valence-electron chi connectivity index (χ0n) is 10.8. The Morgan fingerprint density at radius 1 is 1.36 bits per heavy atom. The predicted molar refractivity (Wildman–Crippen MR) is 78.2 cm³/mol. The van der Waals surface area contributed by atoms with E-state index >= 15 is 0 Å². The summed E-state index contributed by atoms with van der Waals surface area (Å²) in [4.78, 5) is -0.242. The summed E-state index contributed by atoms with van der Waals surface area (Å²) in [6.07, 6.45) is -3.95. The number of benzene rings is 1. The molecule has 2 aromatic rings. The number of sulfonamides is 1. The lowest BCUT2D eigenvalue weighted by Gasteiger charge is -2.12. The number of nitrogens with zero attached hydrogens (tertiary/aromatic N) is 2. The van der Waals surface area contributed by atoms with Crippen molar-refractivity contribution >= 4 is 43.2 Å². The van der Waals surface area contributed by atoms with Crippen molar-refractivity contribution in [3.63, 3.8) is 0 Å². The van der Waals surface area contributed by atoms with Crippen LogP contribution in [0.4, 0.5) is 18.9 Å².